The maximum absolute atomic E-state index is 12.4. The molecule has 1 aromatic carbocycles. The Labute approximate surface area is 91.6 Å². The number of benzene rings is 1. The lowest BCUT2D eigenvalue weighted by atomic mass is 9.78. The molecular formula is C8H5BF6O2. The van der Waals surface area contributed by atoms with Gasteiger partial charge in [-0.1, -0.05) is 6.07 Å². The molecule has 1 rings (SSSR count). The van der Waals surface area contributed by atoms with E-state index in [2.05, 4.69) is 0 Å². The molecule has 0 heterocycles. The standard InChI is InChI=1S/C8H5BF6O2/c10-7(11,12)5-2-1-4(9(16)17)3-6(5)8(13,14)15/h1-3,16-17H. The molecule has 17 heavy (non-hydrogen) atoms. The van der Waals surface area contributed by atoms with Crippen molar-refractivity contribution in [2.45, 2.75) is 12.4 Å². The number of rotatable bonds is 1. The van der Waals surface area contributed by atoms with Crippen LogP contribution in [-0.4, -0.2) is 17.2 Å². The lowest BCUT2D eigenvalue weighted by Gasteiger charge is -2.16. The van der Waals surface area contributed by atoms with Crippen molar-refractivity contribution in [2.75, 3.05) is 0 Å². The van der Waals surface area contributed by atoms with Crippen LogP contribution < -0.4 is 5.46 Å². The highest BCUT2D eigenvalue weighted by atomic mass is 19.4. The van der Waals surface area contributed by atoms with Gasteiger partial charge in [0.2, 0.25) is 0 Å². The van der Waals surface area contributed by atoms with Crippen molar-refractivity contribution in [1.29, 1.82) is 0 Å². The normalized spacial score (nSPS) is 12.7. The smallest absolute Gasteiger partial charge is 0.423 e. The van der Waals surface area contributed by atoms with Crippen molar-refractivity contribution in [3.05, 3.63) is 29.3 Å². The first kappa shape index (κ1) is 13.8. The molecule has 0 radical (unpaired) electrons. The predicted molar refractivity (Wildman–Crippen MR) is 46.3 cm³/mol. The molecule has 9 heteroatoms. The van der Waals surface area contributed by atoms with Gasteiger partial charge in [-0.2, -0.15) is 26.3 Å². The molecule has 0 aromatic heterocycles. The molecule has 0 saturated heterocycles. The van der Waals surface area contributed by atoms with Crippen LogP contribution in [0.5, 0.6) is 0 Å². The first-order valence-electron chi connectivity index (χ1n) is 4.18. The zero-order valence-corrected chi connectivity index (χ0v) is 7.97. The summed E-state index contributed by atoms with van der Waals surface area (Å²) < 4.78 is 73.9. The van der Waals surface area contributed by atoms with E-state index in [4.69, 9.17) is 10.0 Å². The van der Waals surface area contributed by atoms with Gasteiger partial charge in [0, 0.05) is 0 Å². The number of halogens is 6. The molecule has 0 fully saturated rings. The van der Waals surface area contributed by atoms with Crippen molar-refractivity contribution < 1.29 is 36.4 Å². The molecule has 1 aromatic rings. The van der Waals surface area contributed by atoms with Gasteiger partial charge >= 0.3 is 19.5 Å². The monoisotopic (exact) mass is 258 g/mol. The van der Waals surface area contributed by atoms with Gasteiger partial charge in [0.15, 0.2) is 0 Å². The average molecular weight is 258 g/mol. The summed E-state index contributed by atoms with van der Waals surface area (Å²) in [5.41, 5.74) is -4.48. The third kappa shape index (κ3) is 3.13. The van der Waals surface area contributed by atoms with E-state index in [1.165, 1.54) is 0 Å². The molecule has 94 valence electrons. The highest BCUT2D eigenvalue weighted by molar-refractivity contribution is 6.58. The summed E-state index contributed by atoms with van der Waals surface area (Å²) >= 11 is 0. The fourth-order valence-electron chi connectivity index (χ4n) is 1.20. The van der Waals surface area contributed by atoms with Gasteiger partial charge in [-0.05, 0) is 17.6 Å². The highest BCUT2D eigenvalue weighted by Gasteiger charge is 2.43. The molecule has 0 aliphatic rings. The van der Waals surface area contributed by atoms with E-state index < -0.39 is 36.1 Å². The molecule has 0 spiro atoms. The molecule has 0 saturated carbocycles. The first-order chi connectivity index (χ1) is 7.53. The molecule has 0 unspecified atom stereocenters. The minimum absolute atomic E-state index is 0.0630. The number of hydrogen-bond acceptors (Lipinski definition) is 2. The fraction of sp³-hybridized carbons (Fsp3) is 0.250. The summed E-state index contributed by atoms with van der Waals surface area (Å²) in [7, 11) is -2.27. The van der Waals surface area contributed by atoms with Gasteiger partial charge < -0.3 is 10.0 Å². The van der Waals surface area contributed by atoms with E-state index in [0.717, 1.165) is 0 Å². The summed E-state index contributed by atoms with van der Waals surface area (Å²) in [6.45, 7) is 0. The Hall–Kier alpha value is -1.22. The molecule has 2 nitrogen and oxygen atoms in total. The molecule has 0 amide bonds. The van der Waals surface area contributed by atoms with Crippen molar-refractivity contribution in [3.8, 4) is 0 Å². The molecule has 0 atom stereocenters. The van der Waals surface area contributed by atoms with Crippen LogP contribution in [0.2, 0.25) is 0 Å². The average Bonchev–Trinajstić information content (AvgIpc) is 2.14. The second-order valence-electron chi connectivity index (χ2n) is 3.17. The Balaban J connectivity index is 3.43. The van der Waals surface area contributed by atoms with Crippen LogP contribution in [0.4, 0.5) is 26.3 Å². The Morgan fingerprint density at radius 3 is 1.65 bits per heavy atom. The van der Waals surface area contributed by atoms with Crippen LogP contribution in [0, 0.1) is 0 Å². The van der Waals surface area contributed by atoms with E-state index in [1.54, 1.807) is 0 Å². The quantitative estimate of drug-likeness (QED) is 0.590. The minimum atomic E-state index is -5.23. The van der Waals surface area contributed by atoms with Gasteiger partial charge in [-0.15, -0.1) is 0 Å². The van der Waals surface area contributed by atoms with Crippen molar-refractivity contribution >= 4 is 12.6 Å². The number of hydrogen-bond donors (Lipinski definition) is 2. The van der Waals surface area contributed by atoms with Gasteiger partial charge in [0.05, 0.1) is 11.1 Å². The highest BCUT2D eigenvalue weighted by Crippen LogP contribution is 2.39. The lowest BCUT2D eigenvalue weighted by molar-refractivity contribution is -0.162. The summed E-state index contributed by atoms with van der Waals surface area (Å²) in [5.74, 6) is 0. The fourth-order valence-corrected chi connectivity index (χ4v) is 1.20. The second kappa shape index (κ2) is 4.23. The Morgan fingerprint density at radius 1 is 0.824 bits per heavy atom. The topological polar surface area (TPSA) is 40.5 Å². The zero-order valence-electron chi connectivity index (χ0n) is 7.97. The molecular weight excluding hydrogens is 253 g/mol. The zero-order chi connectivity index (χ0) is 13.4. The summed E-state index contributed by atoms with van der Waals surface area (Å²) in [5, 5.41) is 17.2. The van der Waals surface area contributed by atoms with Crippen molar-refractivity contribution in [1.82, 2.24) is 0 Å². The lowest BCUT2D eigenvalue weighted by Crippen LogP contribution is -2.32. The largest absolute Gasteiger partial charge is 0.488 e. The minimum Gasteiger partial charge on any atom is -0.423 e. The van der Waals surface area contributed by atoms with E-state index in [1.807, 2.05) is 0 Å². The van der Waals surface area contributed by atoms with Crippen LogP contribution in [0.25, 0.3) is 0 Å². The van der Waals surface area contributed by atoms with Crippen molar-refractivity contribution in [2.24, 2.45) is 0 Å². The van der Waals surface area contributed by atoms with Crippen LogP contribution in [0.1, 0.15) is 11.1 Å². The Bertz CT molecular complexity index is 411. The van der Waals surface area contributed by atoms with E-state index in [0.29, 0.717) is 6.07 Å². The Kier molecular flexibility index (Phi) is 3.44. The summed E-state index contributed by atoms with van der Waals surface area (Å²) in [6.07, 6.45) is -10.4. The second-order valence-corrected chi connectivity index (χ2v) is 3.17. The third-order valence-corrected chi connectivity index (χ3v) is 1.95. The van der Waals surface area contributed by atoms with Gasteiger partial charge in [-0.25, -0.2) is 0 Å². The molecule has 0 bridgehead atoms. The first-order valence-corrected chi connectivity index (χ1v) is 4.18. The maximum Gasteiger partial charge on any atom is 0.488 e. The number of alkyl halides is 6. The Morgan fingerprint density at radius 2 is 1.29 bits per heavy atom. The molecule has 0 aliphatic carbocycles. The van der Waals surface area contributed by atoms with Crippen LogP contribution in [0.3, 0.4) is 0 Å². The predicted octanol–water partition coefficient (Wildman–Crippen LogP) is 1.40. The van der Waals surface area contributed by atoms with Gasteiger partial charge in [0.1, 0.15) is 0 Å². The SMILES string of the molecule is OB(O)c1ccc(C(F)(F)F)c(C(F)(F)F)c1. The van der Waals surface area contributed by atoms with Crippen molar-refractivity contribution in [3.63, 3.8) is 0 Å². The third-order valence-electron chi connectivity index (χ3n) is 1.95. The van der Waals surface area contributed by atoms with E-state index in [-0.39, 0.29) is 12.1 Å². The summed E-state index contributed by atoms with van der Waals surface area (Å²) in [6, 6.07) is 0.799. The summed E-state index contributed by atoms with van der Waals surface area (Å²) in [4.78, 5) is 0. The van der Waals surface area contributed by atoms with Crippen LogP contribution in [-0.2, 0) is 12.4 Å². The van der Waals surface area contributed by atoms with Gasteiger partial charge in [0.25, 0.3) is 0 Å². The van der Waals surface area contributed by atoms with Crippen LogP contribution in [0.15, 0.2) is 18.2 Å². The van der Waals surface area contributed by atoms with E-state index >= 15 is 0 Å². The maximum atomic E-state index is 12.4. The molecule has 0 aliphatic heterocycles. The van der Waals surface area contributed by atoms with Gasteiger partial charge in [-0.3, -0.25) is 0 Å². The molecule has 2 N–H and O–H groups in total. The van der Waals surface area contributed by atoms with E-state index in [9.17, 15) is 26.3 Å². The van der Waals surface area contributed by atoms with Crippen LogP contribution >= 0.6 is 0 Å².